The van der Waals surface area contributed by atoms with Crippen molar-refractivity contribution in [3.8, 4) is 34.1 Å². The van der Waals surface area contributed by atoms with Crippen LogP contribution in [0.3, 0.4) is 0 Å². The lowest BCUT2D eigenvalue weighted by atomic mass is 10.1. The molecule has 13 heteroatoms. The minimum Gasteiger partial charge on any atom is -0.491 e. The third kappa shape index (κ3) is 9.64. The van der Waals surface area contributed by atoms with Gasteiger partial charge < -0.3 is 32.5 Å². The summed E-state index contributed by atoms with van der Waals surface area (Å²) in [6, 6.07) is 23.3. The minimum absolute atomic E-state index is 0.230. The van der Waals surface area contributed by atoms with Gasteiger partial charge in [0.2, 0.25) is 0 Å². The molecule has 0 aliphatic rings. The molecule has 0 spiro atoms. The van der Waals surface area contributed by atoms with Gasteiger partial charge in [-0.3, -0.25) is 9.59 Å². The van der Waals surface area contributed by atoms with Gasteiger partial charge in [0, 0.05) is 33.3 Å². The zero-order valence-corrected chi connectivity index (χ0v) is 29.9. The molecule has 9 nitrogen and oxygen atoms in total. The number of fused-ring (bicyclic) bond motifs is 2. The van der Waals surface area contributed by atoms with Crippen LogP contribution in [0.4, 0.5) is 0 Å². The summed E-state index contributed by atoms with van der Waals surface area (Å²) in [5, 5.41) is 1.94. The summed E-state index contributed by atoms with van der Waals surface area (Å²) in [7, 11) is 0. The summed E-state index contributed by atoms with van der Waals surface area (Å²) >= 11 is 24.5. The molecule has 0 saturated heterocycles. The number of hydrogen-bond acceptors (Lipinski definition) is 9. The molecule has 4 aromatic carbocycles. The SMILES string of the molecule is O=c1cc(-c2ccc(OCCOCCOCCOCCOc3ccc(-c4cc(=O)c5cc(Cl)cc(Cl)c5o4)cc3)cc2)oc2c(Cl)cc(Cl)cc12. The first kappa shape index (κ1) is 36.7. The van der Waals surface area contributed by atoms with E-state index in [4.69, 9.17) is 78.9 Å². The first-order valence-corrected chi connectivity index (χ1v) is 17.3. The Hall–Kier alpha value is -4.06. The van der Waals surface area contributed by atoms with Gasteiger partial charge in [-0.2, -0.15) is 0 Å². The Bertz CT molecular complexity index is 2070. The second kappa shape index (κ2) is 17.4. The van der Waals surface area contributed by atoms with Gasteiger partial charge in [0.15, 0.2) is 22.0 Å². The van der Waals surface area contributed by atoms with Crippen molar-refractivity contribution >= 4 is 68.3 Å². The molecule has 2 heterocycles. The van der Waals surface area contributed by atoms with E-state index in [1.807, 2.05) is 0 Å². The van der Waals surface area contributed by atoms with Gasteiger partial charge in [-0.05, 0) is 72.8 Å². The lowest BCUT2D eigenvalue weighted by Crippen LogP contribution is -2.14. The second-order valence-corrected chi connectivity index (χ2v) is 12.7. The van der Waals surface area contributed by atoms with Crippen molar-refractivity contribution in [3.05, 3.63) is 125 Å². The van der Waals surface area contributed by atoms with E-state index in [-0.39, 0.29) is 20.9 Å². The molecular formula is C38H30Cl4O9. The van der Waals surface area contributed by atoms with Gasteiger partial charge in [-0.1, -0.05) is 46.4 Å². The predicted octanol–water partition coefficient (Wildman–Crippen LogP) is 9.35. The summed E-state index contributed by atoms with van der Waals surface area (Å²) in [4.78, 5) is 25.1. The van der Waals surface area contributed by atoms with E-state index in [0.29, 0.717) is 119 Å². The average molecular weight is 772 g/mol. The number of hydrogen-bond donors (Lipinski definition) is 0. The van der Waals surface area contributed by atoms with Gasteiger partial charge in [0.1, 0.15) is 36.2 Å². The van der Waals surface area contributed by atoms with Gasteiger partial charge >= 0.3 is 0 Å². The van der Waals surface area contributed by atoms with E-state index < -0.39 is 0 Å². The Morgan fingerprint density at radius 2 is 0.804 bits per heavy atom. The predicted molar refractivity (Wildman–Crippen MR) is 199 cm³/mol. The van der Waals surface area contributed by atoms with Crippen LogP contribution in [-0.2, 0) is 14.2 Å². The molecule has 6 aromatic rings. The molecule has 264 valence electrons. The van der Waals surface area contributed by atoms with Crippen molar-refractivity contribution in [3.63, 3.8) is 0 Å². The lowest BCUT2D eigenvalue weighted by molar-refractivity contribution is 0.00499. The molecule has 0 radical (unpaired) electrons. The normalized spacial score (nSPS) is 11.4. The van der Waals surface area contributed by atoms with Crippen LogP contribution in [-0.4, -0.2) is 52.9 Å². The maximum absolute atomic E-state index is 12.6. The van der Waals surface area contributed by atoms with E-state index in [1.165, 1.54) is 36.4 Å². The van der Waals surface area contributed by atoms with Crippen LogP contribution in [0.15, 0.2) is 103 Å². The van der Waals surface area contributed by atoms with E-state index in [0.717, 1.165) is 0 Å². The van der Waals surface area contributed by atoms with Crippen LogP contribution in [0, 0.1) is 0 Å². The Balaban J connectivity index is 0.813. The number of rotatable bonds is 16. The third-order valence-electron chi connectivity index (χ3n) is 7.51. The summed E-state index contributed by atoms with van der Waals surface area (Å²) < 4.78 is 39.9. The zero-order chi connectivity index (χ0) is 35.7. The quantitative estimate of drug-likeness (QED) is 0.0890. The van der Waals surface area contributed by atoms with Crippen molar-refractivity contribution in [2.24, 2.45) is 0 Å². The highest BCUT2D eigenvalue weighted by atomic mass is 35.5. The molecule has 0 fully saturated rings. The molecule has 2 aromatic heterocycles. The van der Waals surface area contributed by atoms with Crippen LogP contribution in [0.1, 0.15) is 0 Å². The zero-order valence-electron chi connectivity index (χ0n) is 26.9. The maximum atomic E-state index is 12.6. The first-order chi connectivity index (χ1) is 24.7. The molecule has 0 N–H and O–H groups in total. The molecule has 51 heavy (non-hydrogen) atoms. The van der Waals surface area contributed by atoms with Crippen LogP contribution in [0.5, 0.6) is 11.5 Å². The Kier molecular flexibility index (Phi) is 12.6. The Morgan fingerprint density at radius 3 is 1.18 bits per heavy atom. The van der Waals surface area contributed by atoms with Crippen molar-refractivity contribution in [1.29, 1.82) is 0 Å². The highest BCUT2D eigenvalue weighted by Gasteiger charge is 2.13. The summed E-state index contributed by atoms with van der Waals surface area (Å²) in [5.41, 5.74) is 1.53. The molecule has 0 bridgehead atoms. The first-order valence-electron chi connectivity index (χ1n) is 15.8. The summed E-state index contributed by atoms with van der Waals surface area (Å²) in [6.45, 7) is 3.17. The van der Waals surface area contributed by atoms with Crippen molar-refractivity contribution < 1.29 is 32.5 Å². The van der Waals surface area contributed by atoms with Gasteiger partial charge in [0.25, 0.3) is 0 Å². The van der Waals surface area contributed by atoms with Crippen molar-refractivity contribution in [2.75, 3.05) is 52.9 Å². The highest BCUT2D eigenvalue weighted by Crippen LogP contribution is 2.32. The highest BCUT2D eigenvalue weighted by molar-refractivity contribution is 6.38. The molecule has 6 rings (SSSR count). The number of halogens is 4. The van der Waals surface area contributed by atoms with Crippen LogP contribution < -0.4 is 20.3 Å². The third-order valence-corrected chi connectivity index (χ3v) is 8.51. The summed E-state index contributed by atoms with van der Waals surface area (Å²) in [6.07, 6.45) is 0. The van der Waals surface area contributed by atoms with Gasteiger partial charge in [-0.15, -0.1) is 0 Å². The number of benzene rings is 4. The van der Waals surface area contributed by atoms with Crippen molar-refractivity contribution in [2.45, 2.75) is 0 Å². The topological polar surface area (TPSA) is 107 Å². The fourth-order valence-electron chi connectivity index (χ4n) is 5.06. The van der Waals surface area contributed by atoms with Crippen molar-refractivity contribution in [1.82, 2.24) is 0 Å². The number of ether oxygens (including phenoxy) is 5. The molecule has 0 aliphatic heterocycles. The van der Waals surface area contributed by atoms with E-state index in [9.17, 15) is 9.59 Å². The molecule has 0 unspecified atom stereocenters. The van der Waals surface area contributed by atoms with Crippen LogP contribution in [0.25, 0.3) is 44.6 Å². The molecule has 0 atom stereocenters. The van der Waals surface area contributed by atoms with Gasteiger partial charge in [0.05, 0.1) is 60.5 Å². The van der Waals surface area contributed by atoms with E-state index >= 15 is 0 Å². The molecule has 0 aliphatic carbocycles. The Morgan fingerprint density at radius 1 is 0.451 bits per heavy atom. The molecule has 0 saturated carbocycles. The smallest absolute Gasteiger partial charge is 0.193 e. The van der Waals surface area contributed by atoms with Gasteiger partial charge in [-0.25, -0.2) is 0 Å². The summed E-state index contributed by atoms with van der Waals surface area (Å²) in [5.74, 6) is 2.08. The van der Waals surface area contributed by atoms with Crippen LogP contribution in [0.2, 0.25) is 20.1 Å². The van der Waals surface area contributed by atoms with E-state index in [1.54, 1.807) is 48.5 Å². The van der Waals surface area contributed by atoms with E-state index in [2.05, 4.69) is 0 Å². The maximum Gasteiger partial charge on any atom is 0.193 e. The van der Waals surface area contributed by atoms with Crippen LogP contribution >= 0.6 is 46.4 Å². The lowest BCUT2D eigenvalue weighted by Gasteiger charge is -2.10. The Labute approximate surface area is 312 Å². The monoisotopic (exact) mass is 770 g/mol. The minimum atomic E-state index is -0.230. The standard InChI is InChI=1S/C38H30Cl4O9/c39-25-17-29-33(43)21-35(50-37(29)31(41)19-25)23-1-5-27(6-2-23)48-15-13-46-11-9-45-10-12-47-14-16-49-28-7-3-24(4-8-28)36-22-34(44)30-18-26(40)20-32(42)38(30)51-36/h1-8,17-22H,9-16H2. The second-order valence-electron chi connectivity index (χ2n) is 11.1. The fourth-order valence-corrected chi connectivity index (χ4v) is 6.12. The largest absolute Gasteiger partial charge is 0.491 e. The molecule has 0 amide bonds. The average Bonchev–Trinajstić information content (AvgIpc) is 3.11. The molecular weight excluding hydrogens is 742 g/mol. The fraction of sp³-hybridized carbons (Fsp3) is 0.211.